The Morgan fingerprint density at radius 2 is 1.20 bits per heavy atom. The summed E-state index contributed by atoms with van der Waals surface area (Å²) < 4.78 is 5.58. The maximum atomic E-state index is 11.4. The number of carbonyl (C=O) groups is 1. The van der Waals surface area contributed by atoms with Gasteiger partial charge < -0.3 is 9.84 Å². The van der Waals surface area contributed by atoms with E-state index in [2.05, 4.69) is 13.8 Å². The number of rotatable bonds is 18. The van der Waals surface area contributed by atoms with Crippen LogP contribution in [0, 0.1) is 0 Å². The summed E-state index contributed by atoms with van der Waals surface area (Å²) in [6.45, 7) is 4.37. The number of carboxylic acid groups (broad SMARTS) is 1. The van der Waals surface area contributed by atoms with Gasteiger partial charge in [-0.3, -0.25) is 0 Å². The summed E-state index contributed by atoms with van der Waals surface area (Å²) in [5.41, 5.74) is -0.826. The van der Waals surface area contributed by atoms with Crippen molar-refractivity contribution in [1.29, 1.82) is 0 Å². The quantitative estimate of drug-likeness (QED) is 0.215. The van der Waals surface area contributed by atoms with Crippen molar-refractivity contribution in [3.63, 3.8) is 0 Å². The van der Waals surface area contributed by atoms with E-state index in [1.54, 1.807) is 0 Å². The number of ether oxygens (including phenoxy) is 1. The van der Waals surface area contributed by atoms with Crippen molar-refractivity contribution >= 4 is 5.97 Å². The van der Waals surface area contributed by atoms with Gasteiger partial charge in [0.15, 0.2) is 5.60 Å². The van der Waals surface area contributed by atoms with E-state index in [0.29, 0.717) is 6.42 Å². The minimum absolute atomic E-state index is 0.0238. The SMILES string of the molecule is CCCCCCCCCCCCCCCC1OC1(CCCC)C(=O)O. The number of hydrogen-bond donors (Lipinski definition) is 1. The van der Waals surface area contributed by atoms with Crippen LogP contribution in [0.1, 0.15) is 123 Å². The second-order valence-electron chi connectivity index (χ2n) is 7.94. The third kappa shape index (κ3) is 9.08. The standard InChI is InChI=1S/C22H42O3/c1-3-5-7-8-9-10-11-12-13-14-15-16-17-18-20-22(25-20,21(23)24)19-6-4-2/h20H,3-19H2,1-2H3,(H,23,24). The van der Waals surface area contributed by atoms with Crippen LogP contribution in [-0.2, 0) is 9.53 Å². The molecule has 25 heavy (non-hydrogen) atoms. The van der Waals surface area contributed by atoms with E-state index in [-0.39, 0.29) is 6.10 Å². The lowest BCUT2D eigenvalue weighted by molar-refractivity contribution is -0.143. The Balaban J connectivity index is 1.87. The molecule has 0 bridgehead atoms. The molecule has 0 aromatic rings. The maximum absolute atomic E-state index is 11.4. The van der Waals surface area contributed by atoms with E-state index in [4.69, 9.17) is 4.74 Å². The summed E-state index contributed by atoms with van der Waals surface area (Å²) >= 11 is 0. The van der Waals surface area contributed by atoms with Crippen molar-refractivity contribution in [1.82, 2.24) is 0 Å². The van der Waals surface area contributed by atoms with Gasteiger partial charge in [-0.25, -0.2) is 4.79 Å². The molecule has 2 unspecified atom stereocenters. The number of carboxylic acids is 1. The lowest BCUT2D eigenvalue weighted by atomic mass is 9.95. The summed E-state index contributed by atoms with van der Waals surface area (Å²) in [4.78, 5) is 11.4. The van der Waals surface area contributed by atoms with Crippen LogP contribution in [0.25, 0.3) is 0 Å². The van der Waals surface area contributed by atoms with Gasteiger partial charge in [-0.05, 0) is 12.8 Å². The zero-order valence-corrected chi connectivity index (χ0v) is 16.9. The highest BCUT2D eigenvalue weighted by molar-refractivity contribution is 5.81. The lowest BCUT2D eigenvalue weighted by Crippen LogP contribution is -2.27. The van der Waals surface area contributed by atoms with Crippen LogP contribution in [0.3, 0.4) is 0 Å². The number of aliphatic carboxylic acids is 1. The zero-order chi connectivity index (χ0) is 18.4. The molecule has 1 fully saturated rings. The summed E-state index contributed by atoms with van der Waals surface area (Å²) in [5.74, 6) is -0.749. The fourth-order valence-corrected chi connectivity index (χ4v) is 3.81. The van der Waals surface area contributed by atoms with E-state index < -0.39 is 11.6 Å². The molecular weight excluding hydrogens is 312 g/mol. The fraction of sp³-hybridized carbons (Fsp3) is 0.955. The third-order valence-corrected chi connectivity index (χ3v) is 5.65. The predicted octanol–water partition coefficient (Wildman–Crippen LogP) is 6.88. The molecule has 1 N–H and O–H groups in total. The van der Waals surface area contributed by atoms with Crippen molar-refractivity contribution in [2.75, 3.05) is 0 Å². The van der Waals surface area contributed by atoms with Crippen molar-refractivity contribution in [3.05, 3.63) is 0 Å². The smallest absolute Gasteiger partial charge is 0.338 e. The molecule has 1 saturated heterocycles. The van der Waals surface area contributed by atoms with E-state index in [1.807, 2.05) is 0 Å². The average Bonchev–Trinajstić information content (AvgIpc) is 3.32. The molecule has 0 radical (unpaired) electrons. The van der Waals surface area contributed by atoms with Gasteiger partial charge in [0.05, 0.1) is 6.10 Å². The van der Waals surface area contributed by atoms with E-state index in [9.17, 15) is 9.90 Å². The highest BCUT2D eigenvalue weighted by Gasteiger charge is 2.61. The highest BCUT2D eigenvalue weighted by atomic mass is 16.6. The van der Waals surface area contributed by atoms with Gasteiger partial charge >= 0.3 is 5.97 Å². The number of unbranched alkanes of at least 4 members (excludes halogenated alkanes) is 13. The first-order valence-electron chi connectivity index (χ1n) is 11.1. The van der Waals surface area contributed by atoms with E-state index in [0.717, 1.165) is 25.7 Å². The van der Waals surface area contributed by atoms with Gasteiger partial charge in [0, 0.05) is 0 Å². The Hall–Kier alpha value is -0.570. The van der Waals surface area contributed by atoms with Gasteiger partial charge in [-0.1, -0.05) is 110 Å². The van der Waals surface area contributed by atoms with Crippen LogP contribution in [0.5, 0.6) is 0 Å². The Bertz CT molecular complexity index is 342. The minimum atomic E-state index is -0.826. The first kappa shape index (κ1) is 22.5. The summed E-state index contributed by atoms with van der Waals surface area (Å²) in [5, 5.41) is 9.38. The first-order valence-corrected chi connectivity index (χ1v) is 11.1. The van der Waals surface area contributed by atoms with Crippen molar-refractivity contribution in [3.8, 4) is 0 Å². The molecule has 0 amide bonds. The van der Waals surface area contributed by atoms with Crippen molar-refractivity contribution in [2.45, 2.75) is 135 Å². The number of hydrogen-bond acceptors (Lipinski definition) is 2. The summed E-state index contributed by atoms with van der Waals surface area (Å²) in [7, 11) is 0. The molecule has 2 atom stereocenters. The van der Waals surface area contributed by atoms with Crippen LogP contribution in [0.15, 0.2) is 0 Å². The summed E-state index contributed by atoms with van der Waals surface area (Å²) in [6.07, 6.45) is 21.1. The van der Waals surface area contributed by atoms with Gasteiger partial charge in [0.25, 0.3) is 0 Å². The normalized spacial score (nSPS) is 22.2. The molecule has 1 heterocycles. The third-order valence-electron chi connectivity index (χ3n) is 5.65. The minimum Gasteiger partial charge on any atom is -0.479 e. The monoisotopic (exact) mass is 354 g/mol. The van der Waals surface area contributed by atoms with E-state index >= 15 is 0 Å². The molecule has 3 nitrogen and oxygen atoms in total. The van der Waals surface area contributed by atoms with Crippen LogP contribution < -0.4 is 0 Å². The zero-order valence-electron chi connectivity index (χ0n) is 16.9. The molecule has 0 aromatic heterocycles. The van der Waals surface area contributed by atoms with Gasteiger partial charge in [-0.15, -0.1) is 0 Å². The molecule has 3 heteroatoms. The van der Waals surface area contributed by atoms with Crippen LogP contribution in [0.2, 0.25) is 0 Å². The van der Waals surface area contributed by atoms with Gasteiger partial charge in [0.1, 0.15) is 0 Å². The summed E-state index contributed by atoms with van der Waals surface area (Å²) in [6, 6.07) is 0. The molecule has 0 aliphatic carbocycles. The molecule has 1 aliphatic heterocycles. The molecule has 0 saturated carbocycles. The lowest BCUT2D eigenvalue weighted by Gasteiger charge is -2.06. The Labute approximate surface area is 155 Å². The Kier molecular flexibility index (Phi) is 12.2. The average molecular weight is 355 g/mol. The molecule has 148 valence electrons. The predicted molar refractivity (Wildman–Crippen MR) is 105 cm³/mol. The van der Waals surface area contributed by atoms with Gasteiger partial charge in [-0.2, -0.15) is 0 Å². The first-order chi connectivity index (χ1) is 12.2. The molecule has 0 aromatic carbocycles. The Morgan fingerprint density at radius 3 is 1.64 bits per heavy atom. The van der Waals surface area contributed by atoms with Crippen molar-refractivity contribution in [2.24, 2.45) is 0 Å². The number of epoxide rings is 1. The van der Waals surface area contributed by atoms with Crippen LogP contribution in [-0.4, -0.2) is 22.8 Å². The molecule has 1 aliphatic rings. The molecule has 0 spiro atoms. The second kappa shape index (κ2) is 13.6. The van der Waals surface area contributed by atoms with Crippen molar-refractivity contribution < 1.29 is 14.6 Å². The second-order valence-corrected chi connectivity index (χ2v) is 7.94. The van der Waals surface area contributed by atoms with Gasteiger partial charge in [0.2, 0.25) is 0 Å². The maximum Gasteiger partial charge on any atom is 0.338 e. The largest absolute Gasteiger partial charge is 0.479 e. The van der Waals surface area contributed by atoms with Crippen LogP contribution >= 0.6 is 0 Å². The topological polar surface area (TPSA) is 49.8 Å². The molecular formula is C22H42O3. The molecule has 1 rings (SSSR count). The fourth-order valence-electron chi connectivity index (χ4n) is 3.81. The highest BCUT2D eigenvalue weighted by Crippen LogP contribution is 2.44. The van der Waals surface area contributed by atoms with E-state index in [1.165, 1.54) is 77.0 Å². The Morgan fingerprint density at radius 1 is 0.760 bits per heavy atom. The van der Waals surface area contributed by atoms with Crippen LogP contribution in [0.4, 0.5) is 0 Å².